The van der Waals surface area contributed by atoms with Crippen LogP contribution in [0.4, 0.5) is 5.69 Å². The van der Waals surface area contributed by atoms with Gasteiger partial charge in [-0.3, -0.25) is 0 Å². The van der Waals surface area contributed by atoms with Gasteiger partial charge in [-0.25, -0.2) is 0 Å². The summed E-state index contributed by atoms with van der Waals surface area (Å²) in [7, 11) is 3.31. The largest absolute Gasteiger partial charge is 0.497 e. The molecule has 0 aliphatic carbocycles. The number of rotatable bonds is 5. The Kier molecular flexibility index (Phi) is 4.68. The van der Waals surface area contributed by atoms with Crippen LogP contribution < -0.4 is 14.8 Å². The van der Waals surface area contributed by atoms with Crippen molar-refractivity contribution in [3.8, 4) is 11.5 Å². The van der Waals surface area contributed by atoms with Crippen LogP contribution in [-0.4, -0.2) is 14.2 Å². The molecule has 0 radical (unpaired) electrons. The Morgan fingerprint density at radius 1 is 1.05 bits per heavy atom. The van der Waals surface area contributed by atoms with Crippen molar-refractivity contribution in [2.75, 3.05) is 19.5 Å². The molecule has 0 fully saturated rings. The molecular weight excluding hydrogens is 306 g/mol. The quantitative estimate of drug-likeness (QED) is 0.900. The summed E-state index contributed by atoms with van der Waals surface area (Å²) in [5.41, 5.74) is 2.10. The standard InChI is InChI=1S/C15H16BrNO2/c1-18-12-7-8-15(19-2)14(9-12)17-10-11-5-3-4-6-13(11)16/h3-9,17H,10H2,1-2H3. The molecule has 100 valence electrons. The molecule has 0 unspecified atom stereocenters. The first kappa shape index (κ1) is 13.7. The summed E-state index contributed by atoms with van der Waals surface area (Å²) in [6.07, 6.45) is 0. The molecule has 0 aromatic heterocycles. The predicted molar refractivity (Wildman–Crippen MR) is 81.0 cm³/mol. The number of nitrogens with one attached hydrogen (secondary N) is 1. The highest BCUT2D eigenvalue weighted by Gasteiger charge is 2.05. The average molecular weight is 322 g/mol. The first-order valence-electron chi connectivity index (χ1n) is 5.94. The van der Waals surface area contributed by atoms with Gasteiger partial charge in [-0.2, -0.15) is 0 Å². The van der Waals surface area contributed by atoms with Crippen LogP contribution in [0.2, 0.25) is 0 Å². The highest BCUT2D eigenvalue weighted by atomic mass is 79.9. The summed E-state index contributed by atoms with van der Waals surface area (Å²) in [6.45, 7) is 0.713. The lowest BCUT2D eigenvalue weighted by Gasteiger charge is -2.13. The molecule has 1 N–H and O–H groups in total. The van der Waals surface area contributed by atoms with Gasteiger partial charge < -0.3 is 14.8 Å². The summed E-state index contributed by atoms with van der Waals surface area (Å²) < 4.78 is 11.6. The summed E-state index contributed by atoms with van der Waals surface area (Å²) >= 11 is 3.54. The first-order chi connectivity index (χ1) is 9.24. The van der Waals surface area contributed by atoms with E-state index in [-0.39, 0.29) is 0 Å². The smallest absolute Gasteiger partial charge is 0.142 e. The van der Waals surface area contributed by atoms with Crippen molar-refractivity contribution in [3.05, 3.63) is 52.5 Å². The van der Waals surface area contributed by atoms with Crippen LogP contribution in [-0.2, 0) is 6.54 Å². The fraction of sp³-hybridized carbons (Fsp3) is 0.200. The number of anilines is 1. The van der Waals surface area contributed by atoms with Crippen LogP contribution >= 0.6 is 15.9 Å². The van der Waals surface area contributed by atoms with Gasteiger partial charge in [0.15, 0.2) is 0 Å². The maximum Gasteiger partial charge on any atom is 0.142 e. The molecule has 3 nitrogen and oxygen atoms in total. The van der Waals surface area contributed by atoms with E-state index in [2.05, 4.69) is 27.3 Å². The minimum Gasteiger partial charge on any atom is -0.497 e. The summed E-state index contributed by atoms with van der Waals surface area (Å²) in [6, 6.07) is 13.8. The predicted octanol–water partition coefficient (Wildman–Crippen LogP) is 4.08. The monoisotopic (exact) mass is 321 g/mol. The summed E-state index contributed by atoms with van der Waals surface area (Å²) in [5, 5.41) is 3.36. The molecule has 2 aromatic carbocycles. The number of methoxy groups -OCH3 is 2. The van der Waals surface area contributed by atoms with E-state index in [9.17, 15) is 0 Å². The van der Waals surface area contributed by atoms with Crippen molar-refractivity contribution in [2.24, 2.45) is 0 Å². The molecule has 0 saturated heterocycles. The van der Waals surface area contributed by atoms with Crippen LogP contribution in [0, 0.1) is 0 Å². The van der Waals surface area contributed by atoms with E-state index in [0.29, 0.717) is 6.54 Å². The first-order valence-corrected chi connectivity index (χ1v) is 6.73. The Balaban J connectivity index is 2.16. The maximum absolute atomic E-state index is 5.33. The second-order valence-corrected chi connectivity index (χ2v) is 4.87. The lowest BCUT2D eigenvalue weighted by Crippen LogP contribution is -2.02. The van der Waals surface area contributed by atoms with Gasteiger partial charge in [0.1, 0.15) is 11.5 Å². The molecule has 2 rings (SSSR count). The normalized spacial score (nSPS) is 10.1. The molecule has 0 aliphatic heterocycles. The minimum atomic E-state index is 0.713. The van der Waals surface area contributed by atoms with Crippen LogP contribution in [0.1, 0.15) is 5.56 Å². The van der Waals surface area contributed by atoms with Crippen molar-refractivity contribution in [3.63, 3.8) is 0 Å². The number of halogens is 1. The van der Waals surface area contributed by atoms with Gasteiger partial charge in [0.05, 0.1) is 19.9 Å². The Morgan fingerprint density at radius 3 is 2.53 bits per heavy atom. The topological polar surface area (TPSA) is 30.5 Å². The van der Waals surface area contributed by atoms with Gasteiger partial charge in [-0.15, -0.1) is 0 Å². The second kappa shape index (κ2) is 6.48. The molecule has 0 amide bonds. The molecule has 0 bridgehead atoms. The molecular formula is C15H16BrNO2. The highest BCUT2D eigenvalue weighted by Crippen LogP contribution is 2.29. The van der Waals surface area contributed by atoms with Crippen LogP contribution in [0.3, 0.4) is 0 Å². The Bertz CT molecular complexity index is 558. The molecule has 0 saturated carbocycles. The van der Waals surface area contributed by atoms with Gasteiger partial charge in [-0.05, 0) is 23.8 Å². The maximum atomic E-state index is 5.33. The van der Waals surface area contributed by atoms with Crippen molar-refractivity contribution >= 4 is 21.6 Å². The molecule has 0 aliphatic rings. The SMILES string of the molecule is COc1ccc(OC)c(NCc2ccccc2Br)c1. The molecule has 0 spiro atoms. The van der Waals surface area contributed by atoms with E-state index in [4.69, 9.17) is 9.47 Å². The second-order valence-electron chi connectivity index (χ2n) is 4.01. The third-order valence-corrected chi connectivity index (χ3v) is 3.61. The number of hydrogen-bond donors (Lipinski definition) is 1. The van der Waals surface area contributed by atoms with Gasteiger partial charge >= 0.3 is 0 Å². The van der Waals surface area contributed by atoms with Crippen molar-refractivity contribution in [1.29, 1.82) is 0 Å². The number of hydrogen-bond acceptors (Lipinski definition) is 3. The minimum absolute atomic E-state index is 0.713. The Morgan fingerprint density at radius 2 is 1.84 bits per heavy atom. The third kappa shape index (κ3) is 3.41. The zero-order chi connectivity index (χ0) is 13.7. The van der Waals surface area contributed by atoms with E-state index in [1.807, 2.05) is 36.4 Å². The fourth-order valence-electron chi connectivity index (χ4n) is 1.78. The van der Waals surface area contributed by atoms with Crippen molar-refractivity contribution in [1.82, 2.24) is 0 Å². The Labute approximate surface area is 121 Å². The molecule has 4 heteroatoms. The van der Waals surface area contributed by atoms with Crippen molar-refractivity contribution < 1.29 is 9.47 Å². The summed E-state index contributed by atoms with van der Waals surface area (Å²) in [5.74, 6) is 1.60. The van der Waals surface area contributed by atoms with Gasteiger partial charge in [0, 0.05) is 17.1 Å². The Hall–Kier alpha value is -1.68. The van der Waals surface area contributed by atoms with Gasteiger partial charge in [0.2, 0.25) is 0 Å². The number of benzene rings is 2. The van der Waals surface area contributed by atoms with Crippen LogP contribution in [0.5, 0.6) is 11.5 Å². The average Bonchev–Trinajstić information content (AvgIpc) is 2.46. The lowest BCUT2D eigenvalue weighted by molar-refractivity contribution is 0.404. The zero-order valence-electron chi connectivity index (χ0n) is 10.9. The van der Waals surface area contributed by atoms with Gasteiger partial charge in [0.25, 0.3) is 0 Å². The van der Waals surface area contributed by atoms with E-state index in [1.165, 1.54) is 5.56 Å². The van der Waals surface area contributed by atoms with Crippen LogP contribution in [0.25, 0.3) is 0 Å². The summed E-state index contributed by atoms with van der Waals surface area (Å²) in [4.78, 5) is 0. The van der Waals surface area contributed by atoms with Crippen LogP contribution in [0.15, 0.2) is 46.9 Å². The van der Waals surface area contributed by atoms with Gasteiger partial charge in [-0.1, -0.05) is 34.1 Å². The highest BCUT2D eigenvalue weighted by molar-refractivity contribution is 9.10. The van der Waals surface area contributed by atoms with E-state index in [1.54, 1.807) is 14.2 Å². The molecule has 2 aromatic rings. The molecule has 19 heavy (non-hydrogen) atoms. The zero-order valence-corrected chi connectivity index (χ0v) is 12.5. The van der Waals surface area contributed by atoms with Crippen molar-refractivity contribution in [2.45, 2.75) is 6.54 Å². The number of ether oxygens (including phenoxy) is 2. The fourth-order valence-corrected chi connectivity index (χ4v) is 2.21. The van der Waals surface area contributed by atoms with E-state index < -0.39 is 0 Å². The molecule has 0 atom stereocenters. The van der Waals surface area contributed by atoms with E-state index >= 15 is 0 Å². The lowest BCUT2D eigenvalue weighted by atomic mass is 10.2. The van der Waals surface area contributed by atoms with E-state index in [0.717, 1.165) is 21.7 Å². The molecule has 0 heterocycles. The third-order valence-electron chi connectivity index (χ3n) is 2.83.